The molecule has 0 saturated heterocycles. The van der Waals surface area contributed by atoms with E-state index in [4.69, 9.17) is 18.9 Å². The molecule has 0 aliphatic heterocycles. The fourth-order valence-corrected chi connectivity index (χ4v) is 4.55. The first kappa shape index (κ1) is 22.6. The molecule has 7 nitrogen and oxygen atoms in total. The van der Waals surface area contributed by atoms with E-state index in [1.54, 1.807) is 32.9 Å². The van der Waals surface area contributed by atoms with Gasteiger partial charge in [-0.3, -0.25) is 9.59 Å². The average molecular weight is 445 g/mol. The van der Waals surface area contributed by atoms with Crippen LogP contribution in [0.1, 0.15) is 36.8 Å². The summed E-state index contributed by atoms with van der Waals surface area (Å²) in [5.41, 5.74) is 0.192. The lowest BCUT2D eigenvalue weighted by Gasteiger charge is -2.29. The van der Waals surface area contributed by atoms with Crippen LogP contribution in [0.4, 0.5) is 4.79 Å². The first-order valence-corrected chi connectivity index (χ1v) is 10.9. The average Bonchev–Trinajstić information content (AvgIpc) is 3.37. The summed E-state index contributed by atoms with van der Waals surface area (Å²) in [7, 11) is 0. The Hall–Kier alpha value is -3.13. The van der Waals surface area contributed by atoms with E-state index in [1.165, 1.54) is 11.3 Å². The van der Waals surface area contributed by atoms with Crippen LogP contribution in [0, 0.1) is 0 Å². The van der Waals surface area contributed by atoms with Crippen molar-refractivity contribution in [2.75, 3.05) is 26.4 Å². The molecule has 0 radical (unpaired) electrons. The number of hydrogen-bond acceptors (Lipinski definition) is 8. The highest BCUT2D eigenvalue weighted by Gasteiger charge is 2.59. The molecule has 0 fully saturated rings. The molecule has 0 spiro atoms. The molecule has 1 aliphatic carbocycles. The number of fused-ring (bicyclic) bond motifs is 1. The Labute approximate surface area is 184 Å². The highest BCUT2D eigenvalue weighted by molar-refractivity contribution is 7.11. The third kappa shape index (κ3) is 3.95. The molecule has 0 atom stereocenters. The molecule has 1 aromatic heterocycles. The van der Waals surface area contributed by atoms with E-state index in [9.17, 15) is 14.4 Å². The van der Waals surface area contributed by atoms with Crippen LogP contribution < -0.4 is 0 Å². The summed E-state index contributed by atoms with van der Waals surface area (Å²) in [6.45, 7) is 4.93. The summed E-state index contributed by atoms with van der Waals surface area (Å²) >= 11 is 1.45. The standard InChI is InChI=1S/C23H24O7S/c1-4-27-20(24)23(21(25)28-5-2)16-11-8-7-10-15(16)19(18-12-9-13-31-18)17(23)14-30-22(26)29-6-3/h7-13H,4-6,14H2,1-3H3. The van der Waals surface area contributed by atoms with Crippen molar-refractivity contribution >= 4 is 35.0 Å². The highest BCUT2D eigenvalue weighted by atomic mass is 32.1. The Balaban J connectivity index is 2.29. The monoisotopic (exact) mass is 444 g/mol. The van der Waals surface area contributed by atoms with E-state index in [0.717, 1.165) is 4.88 Å². The first-order valence-electron chi connectivity index (χ1n) is 10.0. The first-order chi connectivity index (χ1) is 15.0. The summed E-state index contributed by atoms with van der Waals surface area (Å²) in [5.74, 6) is -1.54. The molecule has 1 aliphatic rings. The van der Waals surface area contributed by atoms with Crippen LogP contribution in [0.3, 0.4) is 0 Å². The lowest BCUT2D eigenvalue weighted by molar-refractivity contribution is -0.162. The van der Waals surface area contributed by atoms with Crippen molar-refractivity contribution in [3.63, 3.8) is 0 Å². The summed E-state index contributed by atoms with van der Waals surface area (Å²) in [6.07, 6.45) is -0.891. The molecule has 3 rings (SSSR count). The molecule has 0 bridgehead atoms. The van der Waals surface area contributed by atoms with Gasteiger partial charge in [0.15, 0.2) is 0 Å². The Morgan fingerprint density at radius 1 is 0.839 bits per heavy atom. The van der Waals surface area contributed by atoms with Crippen molar-refractivity contribution in [2.24, 2.45) is 0 Å². The van der Waals surface area contributed by atoms with Gasteiger partial charge in [-0.1, -0.05) is 30.3 Å². The number of esters is 2. The number of hydrogen-bond donors (Lipinski definition) is 0. The third-order valence-electron chi connectivity index (χ3n) is 4.88. The second-order valence-electron chi connectivity index (χ2n) is 6.54. The lowest BCUT2D eigenvalue weighted by atomic mass is 9.77. The van der Waals surface area contributed by atoms with Gasteiger partial charge in [0.05, 0.1) is 19.8 Å². The van der Waals surface area contributed by atoms with Gasteiger partial charge in [-0.2, -0.15) is 0 Å². The minimum absolute atomic E-state index is 0.0719. The summed E-state index contributed by atoms with van der Waals surface area (Å²) in [5, 5.41) is 1.89. The van der Waals surface area contributed by atoms with Gasteiger partial charge in [0, 0.05) is 16.0 Å². The normalized spacial score (nSPS) is 14.0. The highest BCUT2D eigenvalue weighted by Crippen LogP contribution is 2.51. The maximum absolute atomic E-state index is 13.4. The molecular formula is C23H24O7S. The smallest absolute Gasteiger partial charge is 0.465 e. The van der Waals surface area contributed by atoms with Gasteiger partial charge in [0.1, 0.15) is 6.61 Å². The van der Waals surface area contributed by atoms with Gasteiger partial charge >= 0.3 is 18.1 Å². The topological polar surface area (TPSA) is 88.1 Å². The minimum atomic E-state index is -1.88. The largest absolute Gasteiger partial charge is 0.508 e. The number of ether oxygens (including phenoxy) is 4. The van der Waals surface area contributed by atoms with E-state index < -0.39 is 23.5 Å². The zero-order valence-corrected chi connectivity index (χ0v) is 18.5. The molecular weight excluding hydrogens is 420 g/mol. The summed E-state index contributed by atoms with van der Waals surface area (Å²) in [4.78, 5) is 39.6. The van der Waals surface area contributed by atoms with E-state index in [2.05, 4.69) is 0 Å². The van der Waals surface area contributed by atoms with Gasteiger partial charge in [-0.05, 0) is 43.3 Å². The molecule has 31 heavy (non-hydrogen) atoms. The van der Waals surface area contributed by atoms with Gasteiger partial charge in [0.2, 0.25) is 5.41 Å². The van der Waals surface area contributed by atoms with E-state index in [1.807, 2.05) is 29.6 Å². The second-order valence-corrected chi connectivity index (χ2v) is 7.49. The quantitative estimate of drug-likeness (QED) is 0.344. The van der Waals surface area contributed by atoms with Crippen LogP contribution in [-0.4, -0.2) is 44.5 Å². The van der Waals surface area contributed by atoms with Crippen molar-refractivity contribution in [1.29, 1.82) is 0 Å². The van der Waals surface area contributed by atoms with Gasteiger partial charge in [-0.25, -0.2) is 4.79 Å². The van der Waals surface area contributed by atoms with Crippen LogP contribution >= 0.6 is 11.3 Å². The van der Waals surface area contributed by atoms with Crippen molar-refractivity contribution in [1.82, 2.24) is 0 Å². The van der Waals surface area contributed by atoms with Crippen LogP contribution in [0.5, 0.6) is 0 Å². The number of thiophene rings is 1. The van der Waals surface area contributed by atoms with Gasteiger partial charge in [0.25, 0.3) is 0 Å². The molecule has 2 aromatic rings. The van der Waals surface area contributed by atoms with Crippen LogP contribution in [0.2, 0.25) is 0 Å². The number of carbonyl (C=O) groups is 3. The van der Waals surface area contributed by atoms with Crippen LogP contribution in [-0.2, 0) is 34.0 Å². The zero-order valence-electron chi connectivity index (χ0n) is 17.6. The SMILES string of the molecule is CCOC(=O)OCC1=C(c2cccs2)c2ccccc2C1(C(=O)OCC)C(=O)OCC. The second kappa shape index (κ2) is 9.78. The van der Waals surface area contributed by atoms with Gasteiger partial charge in [-0.15, -0.1) is 11.3 Å². The molecule has 1 heterocycles. The molecule has 8 heteroatoms. The minimum Gasteiger partial charge on any atom is -0.465 e. The number of carbonyl (C=O) groups excluding carboxylic acids is 3. The van der Waals surface area contributed by atoms with Crippen molar-refractivity contribution < 1.29 is 33.3 Å². The molecule has 164 valence electrons. The molecule has 0 unspecified atom stereocenters. The fourth-order valence-electron chi connectivity index (χ4n) is 3.74. The number of rotatable bonds is 8. The maximum atomic E-state index is 13.4. The lowest BCUT2D eigenvalue weighted by Crippen LogP contribution is -2.47. The van der Waals surface area contributed by atoms with E-state index in [0.29, 0.717) is 22.3 Å². The predicted molar refractivity (Wildman–Crippen MR) is 115 cm³/mol. The Bertz CT molecular complexity index is 973. The van der Waals surface area contributed by atoms with E-state index in [-0.39, 0.29) is 26.4 Å². The molecule has 0 saturated carbocycles. The van der Waals surface area contributed by atoms with E-state index >= 15 is 0 Å². The van der Waals surface area contributed by atoms with Crippen molar-refractivity contribution in [2.45, 2.75) is 26.2 Å². The molecule has 0 N–H and O–H groups in total. The Morgan fingerprint density at radius 2 is 1.48 bits per heavy atom. The third-order valence-corrected chi connectivity index (χ3v) is 5.77. The zero-order chi connectivity index (χ0) is 22.4. The summed E-state index contributed by atoms with van der Waals surface area (Å²) < 4.78 is 20.9. The Morgan fingerprint density at radius 3 is 2.06 bits per heavy atom. The van der Waals surface area contributed by atoms with Crippen molar-refractivity contribution in [3.8, 4) is 0 Å². The molecule has 0 amide bonds. The van der Waals surface area contributed by atoms with Crippen LogP contribution in [0.25, 0.3) is 5.57 Å². The predicted octanol–water partition coefficient (Wildman–Crippen LogP) is 4.10. The fraction of sp³-hybridized carbons (Fsp3) is 0.348. The Kier molecular flexibility index (Phi) is 7.12. The number of benzene rings is 1. The van der Waals surface area contributed by atoms with Crippen molar-refractivity contribution in [3.05, 3.63) is 63.4 Å². The van der Waals surface area contributed by atoms with Crippen LogP contribution in [0.15, 0.2) is 47.4 Å². The summed E-state index contributed by atoms with van der Waals surface area (Å²) in [6, 6.07) is 10.8. The van der Waals surface area contributed by atoms with Gasteiger partial charge < -0.3 is 18.9 Å². The maximum Gasteiger partial charge on any atom is 0.508 e. The molecule has 1 aromatic carbocycles.